The summed E-state index contributed by atoms with van der Waals surface area (Å²) in [5.74, 6) is -3.08. The SMILES string of the molecule is CCCCCCCCCCCCN(C)CCOc1ccc(CCC(=O)C(F)(F)F)cc1.CN(C)CCOc1ccc(CCC(=O)C(F)(F)F)cc1.Cc1ccc(C(c2ccc(C)cc2)N(C)CCOc2ccc(CCC(=O)C(F)(F)F)cc2)cc1. The molecule has 0 aliphatic heterocycles. The Bertz CT molecular complexity index is 2580. The second-order valence-electron chi connectivity index (χ2n) is 21.7. The maximum atomic E-state index is 12.4. The van der Waals surface area contributed by atoms with Crippen molar-refractivity contribution in [2.24, 2.45) is 0 Å². The molecule has 0 aliphatic rings. The fraction of sp³-hybridized carbons (Fsp3) is 0.507. The topological polar surface area (TPSA) is 88.6 Å². The predicted octanol–water partition coefficient (Wildman–Crippen LogP) is 16.1. The second kappa shape index (κ2) is 38.7. The molecule has 9 nitrogen and oxygen atoms in total. The highest BCUT2D eigenvalue weighted by Gasteiger charge is 2.39. The van der Waals surface area contributed by atoms with Gasteiger partial charge in [-0.05, 0) is 138 Å². The van der Waals surface area contributed by atoms with E-state index in [0.29, 0.717) is 60.3 Å². The Balaban J connectivity index is 0.000000345. The third-order valence-electron chi connectivity index (χ3n) is 14.0. The maximum absolute atomic E-state index is 12.4. The predicted molar refractivity (Wildman–Crippen MR) is 319 cm³/mol. The van der Waals surface area contributed by atoms with Crippen LogP contribution >= 0.6 is 0 Å². The van der Waals surface area contributed by atoms with E-state index in [-0.39, 0.29) is 25.3 Å². The number of ether oxygens (including phenoxy) is 3. The van der Waals surface area contributed by atoms with E-state index in [4.69, 9.17) is 14.2 Å². The molecule has 0 bridgehead atoms. The van der Waals surface area contributed by atoms with Gasteiger partial charge in [-0.3, -0.25) is 19.3 Å². The fourth-order valence-corrected chi connectivity index (χ4v) is 8.74. The number of hydrogen-bond acceptors (Lipinski definition) is 9. The minimum atomic E-state index is -4.77. The van der Waals surface area contributed by atoms with Gasteiger partial charge in [-0.15, -0.1) is 0 Å². The fourth-order valence-electron chi connectivity index (χ4n) is 8.74. The number of aryl methyl sites for hydroxylation is 5. The molecule has 0 spiro atoms. The third kappa shape index (κ3) is 31.6. The number of nitrogens with zero attached hydrogens (tertiary/aromatic N) is 3. The maximum Gasteiger partial charge on any atom is 0.449 e. The highest BCUT2D eigenvalue weighted by atomic mass is 19.4. The Morgan fingerprint density at radius 1 is 0.400 bits per heavy atom. The Hall–Kier alpha value is -6.24. The van der Waals surface area contributed by atoms with Crippen LogP contribution in [0.1, 0.15) is 135 Å². The van der Waals surface area contributed by atoms with Crippen LogP contribution in [0.5, 0.6) is 17.2 Å². The molecule has 0 fully saturated rings. The van der Waals surface area contributed by atoms with Gasteiger partial charge in [-0.2, -0.15) is 39.5 Å². The smallest absolute Gasteiger partial charge is 0.449 e. The molecule has 0 N–H and O–H groups in total. The molecule has 0 saturated heterocycles. The quantitative estimate of drug-likeness (QED) is 0.0291. The number of carbonyl (C=O) groups is 3. The van der Waals surface area contributed by atoms with Crippen molar-refractivity contribution in [1.29, 1.82) is 0 Å². The molecule has 0 aliphatic carbocycles. The van der Waals surface area contributed by atoms with Crippen molar-refractivity contribution in [2.45, 2.75) is 148 Å². The molecule has 0 saturated carbocycles. The van der Waals surface area contributed by atoms with Crippen LogP contribution in [-0.4, -0.2) is 125 Å². The van der Waals surface area contributed by atoms with E-state index in [1.807, 2.05) is 19.0 Å². The molecule has 5 aromatic carbocycles. The summed E-state index contributed by atoms with van der Waals surface area (Å²) in [6, 6.07) is 37.7. The van der Waals surface area contributed by atoms with Gasteiger partial charge in [0, 0.05) is 38.9 Å². The number of rotatable bonds is 35. The number of ketones is 3. The van der Waals surface area contributed by atoms with Crippen molar-refractivity contribution < 1.29 is 68.1 Å². The molecule has 85 heavy (non-hydrogen) atoms. The van der Waals surface area contributed by atoms with E-state index >= 15 is 0 Å². The van der Waals surface area contributed by atoms with Gasteiger partial charge in [-0.1, -0.05) is 161 Å². The number of likely N-dealkylation sites (N-methyl/N-ethyl adjacent to an activating group) is 3. The first-order valence-electron chi connectivity index (χ1n) is 29.4. The van der Waals surface area contributed by atoms with Crippen LogP contribution in [0.2, 0.25) is 0 Å². The summed E-state index contributed by atoms with van der Waals surface area (Å²) >= 11 is 0. The van der Waals surface area contributed by atoms with Crippen molar-refractivity contribution in [1.82, 2.24) is 14.7 Å². The van der Waals surface area contributed by atoms with Crippen LogP contribution in [0.15, 0.2) is 121 Å². The van der Waals surface area contributed by atoms with Gasteiger partial charge in [0.1, 0.15) is 37.1 Å². The number of carbonyl (C=O) groups excluding carboxylic acids is 3. The van der Waals surface area contributed by atoms with Crippen LogP contribution in [0.25, 0.3) is 0 Å². The lowest BCUT2D eigenvalue weighted by atomic mass is 9.96. The van der Waals surface area contributed by atoms with Crippen LogP contribution in [-0.2, 0) is 33.6 Å². The zero-order valence-electron chi connectivity index (χ0n) is 50.6. The van der Waals surface area contributed by atoms with Gasteiger partial charge >= 0.3 is 18.5 Å². The number of halogens is 9. The number of benzene rings is 5. The summed E-state index contributed by atoms with van der Waals surface area (Å²) in [6.45, 7) is 11.3. The zero-order chi connectivity index (χ0) is 62.8. The molecular weight excluding hydrogens is 1110 g/mol. The summed E-state index contributed by atoms with van der Waals surface area (Å²) < 4.78 is 127. The summed E-state index contributed by atoms with van der Waals surface area (Å²) in [5.41, 5.74) is 6.88. The van der Waals surface area contributed by atoms with Crippen LogP contribution in [0.3, 0.4) is 0 Å². The summed E-state index contributed by atoms with van der Waals surface area (Å²) in [6.07, 6.45) is -2.30. The van der Waals surface area contributed by atoms with Crippen LogP contribution in [0.4, 0.5) is 39.5 Å². The average Bonchev–Trinajstić information content (AvgIpc) is 3.37. The molecular formula is C67H88F9N3O6. The van der Waals surface area contributed by atoms with Crippen molar-refractivity contribution in [2.75, 3.05) is 74.2 Å². The average molecular weight is 1200 g/mol. The third-order valence-corrected chi connectivity index (χ3v) is 14.0. The molecule has 0 amide bonds. The lowest BCUT2D eigenvalue weighted by molar-refractivity contribution is -0.171. The first kappa shape index (κ1) is 73.0. The van der Waals surface area contributed by atoms with E-state index in [2.05, 4.69) is 93.2 Å². The van der Waals surface area contributed by atoms with Gasteiger partial charge in [0.15, 0.2) is 0 Å². The second-order valence-corrected chi connectivity index (χ2v) is 21.7. The highest BCUT2D eigenvalue weighted by molar-refractivity contribution is 5.85. The molecule has 0 radical (unpaired) electrons. The molecule has 0 unspecified atom stereocenters. The Morgan fingerprint density at radius 3 is 1.02 bits per heavy atom. The van der Waals surface area contributed by atoms with Gasteiger partial charge in [-0.25, -0.2) is 0 Å². The Morgan fingerprint density at radius 2 is 0.706 bits per heavy atom. The first-order valence-corrected chi connectivity index (χ1v) is 29.4. The minimum Gasteiger partial charge on any atom is -0.492 e. The molecule has 0 aromatic heterocycles. The van der Waals surface area contributed by atoms with Crippen molar-refractivity contribution in [3.63, 3.8) is 0 Å². The zero-order valence-corrected chi connectivity index (χ0v) is 50.6. The van der Waals surface area contributed by atoms with Crippen LogP contribution in [0, 0.1) is 13.8 Å². The molecule has 470 valence electrons. The standard InChI is InChI=1S/C28H30F3NO2.C25H40F3NO2.C14H18F3NO2/c1-20-4-11-23(12-5-20)27(24-13-6-21(2)7-14-24)32(3)18-19-34-25-15-8-22(9-16-25)10-17-26(33)28(29,30)31;1-3-4-5-6-7-8-9-10-11-12-19-29(2)20-21-31-23-16-13-22(14-17-23)15-18-24(30)25(26,27)28;1-18(2)9-10-20-12-6-3-11(4-7-12)5-8-13(19)14(15,16)17/h4-9,11-16,27H,10,17-19H2,1-3H3;13-14,16-17H,3-12,15,18-21H2,1-2H3;3-4,6-7H,5,8-10H2,1-2H3. The summed E-state index contributed by atoms with van der Waals surface area (Å²) in [7, 11) is 8.03. The van der Waals surface area contributed by atoms with Crippen molar-refractivity contribution >= 4 is 17.3 Å². The normalized spacial score (nSPS) is 11.8. The van der Waals surface area contributed by atoms with Gasteiger partial charge in [0.2, 0.25) is 17.3 Å². The molecule has 0 atom stereocenters. The van der Waals surface area contributed by atoms with E-state index in [1.165, 1.54) is 86.5 Å². The molecule has 0 heterocycles. The Kier molecular flexibility index (Phi) is 33.3. The van der Waals surface area contributed by atoms with Gasteiger partial charge in [0.25, 0.3) is 0 Å². The van der Waals surface area contributed by atoms with Gasteiger partial charge < -0.3 is 24.0 Å². The highest BCUT2D eigenvalue weighted by Crippen LogP contribution is 2.29. The molecule has 5 aromatic rings. The van der Waals surface area contributed by atoms with Gasteiger partial charge in [0.05, 0.1) is 6.04 Å². The monoisotopic (exact) mass is 1200 g/mol. The minimum absolute atomic E-state index is 0.0517. The summed E-state index contributed by atoms with van der Waals surface area (Å²) in [5, 5.41) is 0. The number of Topliss-reactive ketones (excluding diaryl/α,β-unsaturated/α-hetero) is 3. The lowest BCUT2D eigenvalue weighted by Gasteiger charge is -2.29. The molecule has 5 rings (SSSR count). The van der Waals surface area contributed by atoms with E-state index < -0.39 is 55.1 Å². The van der Waals surface area contributed by atoms with E-state index in [1.54, 1.807) is 72.8 Å². The largest absolute Gasteiger partial charge is 0.492 e. The first-order chi connectivity index (χ1) is 40.2. The van der Waals surface area contributed by atoms with Crippen molar-refractivity contribution in [3.05, 3.63) is 160 Å². The van der Waals surface area contributed by atoms with E-state index in [0.717, 1.165) is 19.6 Å². The van der Waals surface area contributed by atoms with Crippen LogP contribution < -0.4 is 14.2 Å². The van der Waals surface area contributed by atoms with E-state index in [9.17, 15) is 53.9 Å². The number of unbranched alkanes of at least 4 members (excludes halogenated alkanes) is 9. The summed E-state index contributed by atoms with van der Waals surface area (Å²) in [4.78, 5) is 39.2. The number of hydrogen-bond donors (Lipinski definition) is 0. The Labute approximate surface area is 498 Å². The molecule has 18 heteroatoms. The van der Waals surface area contributed by atoms with Crippen molar-refractivity contribution in [3.8, 4) is 17.2 Å². The number of alkyl halides is 9. The lowest BCUT2D eigenvalue weighted by Crippen LogP contribution is -2.29.